The summed E-state index contributed by atoms with van der Waals surface area (Å²) in [6, 6.07) is 8.80. The molecule has 0 bridgehead atoms. The summed E-state index contributed by atoms with van der Waals surface area (Å²) in [6.45, 7) is 3.39. The molecule has 1 aromatic heterocycles. The zero-order chi connectivity index (χ0) is 18.1. The van der Waals surface area contributed by atoms with Crippen molar-refractivity contribution in [3.05, 3.63) is 41.8 Å². The molecule has 2 aliphatic rings. The number of amides is 3. The van der Waals surface area contributed by atoms with E-state index in [1.807, 2.05) is 19.1 Å². The third kappa shape index (κ3) is 3.10. The van der Waals surface area contributed by atoms with E-state index in [0.717, 1.165) is 24.3 Å². The molecule has 0 saturated carbocycles. The first kappa shape index (κ1) is 16.4. The molecule has 26 heavy (non-hydrogen) atoms. The number of nitrogens with one attached hydrogen (secondary N) is 1. The van der Waals surface area contributed by atoms with Crippen molar-refractivity contribution in [3.8, 4) is 0 Å². The molecule has 1 N–H and O–H groups in total. The molecular formula is C18H20N4O4. The van der Waals surface area contributed by atoms with Crippen LogP contribution >= 0.6 is 0 Å². The number of hydrogen-bond acceptors (Lipinski definition) is 5. The molecule has 8 heteroatoms. The number of anilines is 2. The van der Waals surface area contributed by atoms with Crippen LogP contribution in [0.25, 0.3) is 0 Å². The molecule has 2 fully saturated rings. The minimum Gasteiger partial charge on any atom is -0.447 e. The van der Waals surface area contributed by atoms with E-state index >= 15 is 0 Å². The lowest BCUT2D eigenvalue weighted by Crippen LogP contribution is -2.34. The largest absolute Gasteiger partial charge is 0.447 e. The summed E-state index contributed by atoms with van der Waals surface area (Å²) >= 11 is 0. The molecule has 0 aliphatic carbocycles. The third-order valence-corrected chi connectivity index (χ3v) is 4.67. The van der Waals surface area contributed by atoms with E-state index in [1.165, 1.54) is 0 Å². The van der Waals surface area contributed by atoms with Gasteiger partial charge >= 0.3 is 12.1 Å². The van der Waals surface area contributed by atoms with Crippen LogP contribution in [0.4, 0.5) is 21.0 Å². The highest BCUT2D eigenvalue weighted by atomic mass is 16.6. The zero-order valence-electron chi connectivity index (χ0n) is 14.5. The highest BCUT2D eigenvalue weighted by Gasteiger charge is 2.32. The summed E-state index contributed by atoms with van der Waals surface area (Å²) < 4.78 is 10.1. The maximum Gasteiger partial charge on any atom is 0.414 e. The molecule has 2 aliphatic heterocycles. The lowest BCUT2D eigenvalue weighted by Gasteiger charge is -2.23. The second kappa shape index (κ2) is 6.70. The lowest BCUT2D eigenvalue weighted by atomic mass is 10.1. The van der Waals surface area contributed by atoms with Gasteiger partial charge in [0.25, 0.3) is 0 Å². The molecule has 1 atom stereocenters. The van der Waals surface area contributed by atoms with Crippen LogP contribution in [0.1, 0.15) is 30.3 Å². The van der Waals surface area contributed by atoms with Gasteiger partial charge in [-0.2, -0.15) is 0 Å². The van der Waals surface area contributed by atoms with Gasteiger partial charge in [-0.15, -0.1) is 0 Å². The van der Waals surface area contributed by atoms with Crippen molar-refractivity contribution >= 4 is 23.5 Å². The second-order valence-electron chi connectivity index (χ2n) is 6.46. The summed E-state index contributed by atoms with van der Waals surface area (Å²) in [7, 11) is 0. The Bertz CT molecular complexity index is 834. The predicted molar refractivity (Wildman–Crippen MR) is 94.1 cm³/mol. The van der Waals surface area contributed by atoms with E-state index in [2.05, 4.69) is 10.5 Å². The normalized spacial score (nSPS) is 19.7. The van der Waals surface area contributed by atoms with Crippen LogP contribution in [-0.2, 0) is 4.74 Å². The maximum atomic E-state index is 12.8. The molecule has 2 saturated heterocycles. The van der Waals surface area contributed by atoms with Crippen molar-refractivity contribution in [2.45, 2.75) is 25.8 Å². The number of aromatic nitrogens is 1. The summed E-state index contributed by atoms with van der Waals surface area (Å²) in [5.74, 6) is 0.734. The molecule has 0 unspecified atom stereocenters. The molecule has 8 nitrogen and oxygen atoms in total. The lowest BCUT2D eigenvalue weighted by molar-refractivity contribution is 0.181. The van der Waals surface area contributed by atoms with Crippen molar-refractivity contribution in [1.82, 2.24) is 10.1 Å². The van der Waals surface area contributed by atoms with E-state index in [9.17, 15) is 9.59 Å². The second-order valence-corrected chi connectivity index (χ2v) is 6.46. The summed E-state index contributed by atoms with van der Waals surface area (Å²) in [5, 5.41) is 6.98. The van der Waals surface area contributed by atoms with Crippen molar-refractivity contribution < 1.29 is 18.8 Å². The van der Waals surface area contributed by atoms with Crippen LogP contribution < -0.4 is 10.2 Å². The fraction of sp³-hybridized carbons (Fsp3) is 0.389. The first-order chi connectivity index (χ1) is 12.6. The van der Waals surface area contributed by atoms with Gasteiger partial charge in [-0.3, -0.25) is 4.90 Å². The van der Waals surface area contributed by atoms with Gasteiger partial charge in [-0.1, -0.05) is 11.2 Å². The van der Waals surface area contributed by atoms with Gasteiger partial charge in [-0.25, -0.2) is 9.59 Å². The van der Waals surface area contributed by atoms with Gasteiger partial charge < -0.3 is 19.5 Å². The third-order valence-electron chi connectivity index (χ3n) is 4.67. The van der Waals surface area contributed by atoms with Crippen LogP contribution in [0.2, 0.25) is 0 Å². The standard InChI is InChI=1S/C18H20N4O4/c1-12-10-15(20-26-12)16-6-3-7-22(16)17(23)19-13-4-2-5-14(11-13)21-8-9-25-18(21)24/h2,4-5,10-11,16H,3,6-9H2,1H3,(H,19,23)/t16-/m0/s1. The van der Waals surface area contributed by atoms with Crippen LogP contribution in [0.15, 0.2) is 34.9 Å². The molecular weight excluding hydrogens is 336 g/mol. The zero-order valence-corrected chi connectivity index (χ0v) is 14.5. The summed E-state index contributed by atoms with van der Waals surface area (Å²) in [5.41, 5.74) is 2.12. The number of carbonyl (C=O) groups excluding carboxylic acids is 2. The number of hydrogen-bond donors (Lipinski definition) is 1. The number of urea groups is 1. The number of benzene rings is 1. The average molecular weight is 356 g/mol. The summed E-state index contributed by atoms with van der Waals surface area (Å²) in [4.78, 5) is 27.8. The molecule has 136 valence electrons. The monoisotopic (exact) mass is 356 g/mol. The average Bonchev–Trinajstić information content (AvgIpc) is 3.35. The Labute approximate surface area is 150 Å². The van der Waals surface area contributed by atoms with Gasteiger partial charge in [0, 0.05) is 24.0 Å². The number of nitrogens with zero attached hydrogens (tertiary/aromatic N) is 3. The summed E-state index contributed by atoms with van der Waals surface area (Å²) in [6.07, 6.45) is 1.41. The Morgan fingerprint density at radius 1 is 1.31 bits per heavy atom. The first-order valence-electron chi connectivity index (χ1n) is 8.67. The Morgan fingerprint density at radius 3 is 2.92 bits per heavy atom. The Balaban J connectivity index is 1.48. The smallest absolute Gasteiger partial charge is 0.414 e. The van der Waals surface area contributed by atoms with Crippen molar-refractivity contribution in [3.63, 3.8) is 0 Å². The fourth-order valence-electron chi connectivity index (χ4n) is 3.43. The SMILES string of the molecule is Cc1cc([C@@H]2CCCN2C(=O)Nc2cccc(N3CCOC3=O)c2)no1. The van der Waals surface area contributed by atoms with Crippen LogP contribution in [-0.4, -0.2) is 41.9 Å². The van der Waals surface area contributed by atoms with Crippen molar-refractivity contribution in [2.75, 3.05) is 29.9 Å². The van der Waals surface area contributed by atoms with Crippen LogP contribution in [0.3, 0.4) is 0 Å². The minimum atomic E-state index is -0.366. The van der Waals surface area contributed by atoms with Gasteiger partial charge in [0.15, 0.2) is 0 Å². The molecule has 1 aromatic carbocycles. The molecule has 4 rings (SSSR count). The van der Waals surface area contributed by atoms with E-state index in [4.69, 9.17) is 9.26 Å². The molecule has 0 radical (unpaired) electrons. The molecule has 3 heterocycles. The number of carbonyl (C=O) groups is 2. The van der Waals surface area contributed by atoms with Crippen LogP contribution in [0, 0.1) is 6.92 Å². The van der Waals surface area contributed by atoms with E-state index in [1.54, 1.807) is 28.0 Å². The predicted octanol–water partition coefficient (Wildman–Crippen LogP) is 3.31. The van der Waals surface area contributed by atoms with E-state index in [-0.39, 0.29) is 18.2 Å². The van der Waals surface area contributed by atoms with E-state index < -0.39 is 0 Å². The number of cyclic esters (lactones) is 1. The fourth-order valence-corrected chi connectivity index (χ4v) is 3.43. The molecule has 2 aromatic rings. The Kier molecular flexibility index (Phi) is 4.24. The molecule has 0 spiro atoms. The Morgan fingerprint density at radius 2 is 2.19 bits per heavy atom. The highest BCUT2D eigenvalue weighted by Crippen LogP contribution is 2.32. The quantitative estimate of drug-likeness (QED) is 0.911. The van der Waals surface area contributed by atoms with Crippen LogP contribution in [0.5, 0.6) is 0 Å². The first-order valence-corrected chi connectivity index (χ1v) is 8.67. The topological polar surface area (TPSA) is 87.9 Å². The van der Waals surface area contributed by atoms with Crippen molar-refractivity contribution in [1.29, 1.82) is 0 Å². The number of rotatable bonds is 3. The number of likely N-dealkylation sites (tertiary alicyclic amines) is 1. The maximum absolute atomic E-state index is 12.8. The van der Waals surface area contributed by atoms with E-state index in [0.29, 0.717) is 31.1 Å². The highest BCUT2D eigenvalue weighted by molar-refractivity contribution is 5.93. The van der Waals surface area contributed by atoms with Gasteiger partial charge in [0.2, 0.25) is 0 Å². The number of aryl methyl sites for hydroxylation is 1. The van der Waals surface area contributed by atoms with Gasteiger partial charge in [-0.05, 0) is 38.0 Å². The van der Waals surface area contributed by atoms with Gasteiger partial charge in [0.1, 0.15) is 18.1 Å². The molecule has 3 amide bonds. The van der Waals surface area contributed by atoms with Gasteiger partial charge in [0.05, 0.1) is 12.6 Å². The number of ether oxygens (including phenoxy) is 1. The Hall–Kier alpha value is -3.03. The minimum absolute atomic E-state index is 0.0795. The van der Waals surface area contributed by atoms with Crippen molar-refractivity contribution in [2.24, 2.45) is 0 Å².